The van der Waals surface area contributed by atoms with Gasteiger partial charge in [0.15, 0.2) is 5.96 Å². The summed E-state index contributed by atoms with van der Waals surface area (Å²) in [5.41, 5.74) is 3.69. The summed E-state index contributed by atoms with van der Waals surface area (Å²) >= 11 is 0. The molecule has 2 aromatic rings. The minimum absolute atomic E-state index is 0.182. The highest BCUT2D eigenvalue weighted by Crippen LogP contribution is 2.23. The van der Waals surface area contributed by atoms with Gasteiger partial charge in [-0.1, -0.05) is 12.1 Å². The molecule has 1 aliphatic heterocycles. The first-order chi connectivity index (χ1) is 12.7. The number of guanidine groups is 1. The number of hydrogen-bond donors (Lipinski definition) is 2. The Morgan fingerprint density at radius 3 is 2.77 bits per heavy atom. The van der Waals surface area contributed by atoms with Gasteiger partial charge in [-0.05, 0) is 50.5 Å². The zero-order valence-electron chi connectivity index (χ0n) is 16.1. The summed E-state index contributed by atoms with van der Waals surface area (Å²) in [6.45, 7) is 8.03. The van der Waals surface area contributed by atoms with Gasteiger partial charge in [-0.3, -0.25) is 4.68 Å². The molecule has 2 heterocycles. The Morgan fingerprint density at radius 2 is 2.08 bits per heavy atom. The lowest BCUT2D eigenvalue weighted by Gasteiger charge is -2.22. The Morgan fingerprint density at radius 1 is 1.27 bits per heavy atom. The number of aryl methyl sites for hydroxylation is 1. The van der Waals surface area contributed by atoms with Crippen molar-refractivity contribution in [2.45, 2.75) is 39.3 Å². The van der Waals surface area contributed by atoms with Gasteiger partial charge in [-0.2, -0.15) is 5.10 Å². The second kappa shape index (κ2) is 8.74. The molecule has 0 aliphatic carbocycles. The van der Waals surface area contributed by atoms with E-state index in [1.807, 2.05) is 17.8 Å². The molecule has 0 spiro atoms. The number of benzene rings is 1. The molecule has 0 radical (unpaired) electrons. The SMILES string of the molecule is CCNC(=NCc1ccnn1C)NC(C)c1cccc(N2CCCC2)c1. The lowest BCUT2D eigenvalue weighted by atomic mass is 10.1. The molecule has 1 atom stereocenters. The van der Waals surface area contributed by atoms with Crippen molar-refractivity contribution in [1.82, 2.24) is 20.4 Å². The summed E-state index contributed by atoms with van der Waals surface area (Å²) in [6, 6.07) is 11.0. The fraction of sp³-hybridized carbons (Fsp3) is 0.500. The molecule has 1 aromatic carbocycles. The molecular weight excluding hydrogens is 324 g/mol. The van der Waals surface area contributed by atoms with Gasteiger partial charge in [0.25, 0.3) is 0 Å². The molecule has 2 N–H and O–H groups in total. The molecule has 1 fully saturated rings. The average molecular weight is 355 g/mol. The molecular formula is C20H30N6. The van der Waals surface area contributed by atoms with E-state index < -0.39 is 0 Å². The number of nitrogens with zero attached hydrogens (tertiary/aromatic N) is 4. The number of hydrogen-bond acceptors (Lipinski definition) is 3. The summed E-state index contributed by atoms with van der Waals surface area (Å²) in [6.07, 6.45) is 4.39. The molecule has 1 saturated heterocycles. The van der Waals surface area contributed by atoms with Gasteiger partial charge >= 0.3 is 0 Å². The Bertz CT molecular complexity index is 729. The molecule has 1 aromatic heterocycles. The predicted molar refractivity (Wildman–Crippen MR) is 107 cm³/mol. The number of aromatic nitrogens is 2. The van der Waals surface area contributed by atoms with Crippen LogP contribution in [0.1, 0.15) is 44.0 Å². The van der Waals surface area contributed by atoms with Crippen molar-refractivity contribution in [2.24, 2.45) is 12.0 Å². The second-order valence-corrected chi connectivity index (χ2v) is 6.80. The largest absolute Gasteiger partial charge is 0.372 e. The van der Waals surface area contributed by atoms with E-state index in [4.69, 9.17) is 4.99 Å². The van der Waals surface area contributed by atoms with Crippen LogP contribution in [0.25, 0.3) is 0 Å². The van der Waals surface area contributed by atoms with E-state index in [9.17, 15) is 0 Å². The number of nitrogens with one attached hydrogen (secondary N) is 2. The molecule has 1 aliphatic rings. The number of aliphatic imine (C=N–C) groups is 1. The third kappa shape index (κ3) is 4.56. The van der Waals surface area contributed by atoms with Crippen molar-refractivity contribution in [3.63, 3.8) is 0 Å². The van der Waals surface area contributed by atoms with Crippen LogP contribution in [-0.2, 0) is 13.6 Å². The summed E-state index contributed by atoms with van der Waals surface area (Å²) < 4.78 is 1.86. The fourth-order valence-corrected chi connectivity index (χ4v) is 3.29. The average Bonchev–Trinajstić information content (AvgIpc) is 3.32. The Kier molecular flexibility index (Phi) is 6.15. The lowest BCUT2D eigenvalue weighted by Crippen LogP contribution is -2.38. The van der Waals surface area contributed by atoms with Crippen molar-refractivity contribution in [3.05, 3.63) is 47.8 Å². The van der Waals surface area contributed by atoms with Gasteiger partial charge in [0.05, 0.1) is 18.3 Å². The van der Waals surface area contributed by atoms with Crippen LogP contribution in [-0.4, -0.2) is 35.4 Å². The number of rotatable bonds is 6. The van der Waals surface area contributed by atoms with Crippen LogP contribution in [0, 0.1) is 0 Å². The quantitative estimate of drug-likeness (QED) is 0.619. The Labute approximate surface area is 156 Å². The standard InChI is InChI=1S/C20H30N6/c1-4-21-20(22-15-19-10-11-23-25(19)3)24-16(2)17-8-7-9-18(14-17)26-12-5-6-13-26/h7-11,14,16H,4-6,12-13,15H2,1-3H3,(H2,21,22,24). The van der Waals surface area contributed by atoms with Crippen molar-refractivity contribution in [2.75, 3.05) is 24.5 Å². The first-order valence-corrected chi connectivity index (χ1v) is 9.54. The van der Waals surface area contributed by atoms with E-state index in [0.717, 1.165) is 18.2 Å². The zero-order valence-corrected chi connectivity index (χ0v) is 16.1. The van der Waals surface area contributed by atoms with Crippen molar-refractivity contribution < 1.29 is 0 Å². The highest BCUT2D eigenvalue weighted by molar-refractivity contribution is 5.80. The van der Waals surface area contributed by atoms with E-state index in [2.05, 4.69) is 58.7 Å². The first-order valence-electron chi connectivity index (χ1n) is 9.54. The van der Waals surface area contributed by atoms with Gasteiger partial charge in [-0.15, -0.1) is 0 Å². The maximum Gasteiger partial charge on any atom is 0.192 e. The molecule has 3 rings (SSSR count). The van der Waals surface area contributed by atoms with Crippen LogP contribution >= 0.6 is 0 Å². The van der Waals surface area contributed by atoms with Crippen molar-refractivity contribution in [3.8, 4) is 0 Å². The Balaban J connectivity index is 1.68. The zero-order chi connectivity index (χ0) is 18.4. The van der Waals surface area contributed by atoms with Gasteiger partial charge in [0.1, 0.15) is 0 Å². The maximum atomic E-state index is 4.71. The summed E-state index contributed by atoms with van der Waals surface area (Å²) in [5.74, 6) is 0.827. The van der Waals surface area contributed by atoms with Gasteiger partial charge in [-0.25, -0.2) is 4.99 Å². The molecule has 1 unspecified atom stereocenters. The van der Waals surface area contributed by atoms with Crippen LogP contribution in [0.2, 0.25) is 0 Å². The molecule has 140 valence electrons. The van der Waals surface area contributed by atoms with Crippen LogP contribution < -0.4 is 15.5 Å². The third-order valence-electron chi connectivity index (χ3n) is 4.86. The van der Waals surface area contributed by atoms with Crippen LogP contribution in [0.5, 0.6) is 0 Å². The van der Waals surface area contributed by atoms with E-state index in [1.54, 1.807) is 6.20 Å². The van der Waals surface area contributed by atoms with Crippen LogP contribution in [0.4, 0.5) is 5.69 Å². The smallest absolute Gasteiger partial charge is 0.192 e. The highest BCUT2D eigenvalue weighted by Gasteiger charge is 2.14. The summed E-state index contributed by atoms with van der Waals surface area (Å²) in [7, 11) is 1.94. The van der Waals surface area contributed by atoms with E-state index in [-0.39, 0.29) is 6.04 Å². The van der Waals surface area contributed by atoms with Gasteiger partial charge in [0.2, 0.25) is 0 Å². The fourth-order valence-electron chi connectivity index (χ4n) is 3.29. The molecule has 0 saturated carbocycles. The van der Waals surface area contributed by atoms with Gasteiger partial charge in [0, 0.05) is 38.6 Å². The molecule has 6 nitrogen and oxygen atoms in total. The monoisotopic (exact) mass is 354 g/mol. The molecule has 26 heavy (non-hydrogen) atoms. The van der Waals surface area contributed by atoms with Gasteiger partial charge < -0.3 is 15.5 Å². The first kappa shape index (κ1) is 18.3. The predicted octanol–water partition coefficient (Wildman–Crippen LogP) is 2.84. The minimum atomic E-state index is 0.182. The third-order valence-corrected chi connectivity index (χ3v) is 4.86. The minimum Gasteiger partial charge on any atom is -0.372 e. The Hall–Kier alpha value is -2.50. The van der Waals surface area contributed by atoms with E-state index in [0.29, 0.717) is 6.54 Å². The topological polar surface area (TPSA) is 57.5 Å². The summed E-state index contributed by atoms with van der Waals surface area (Å²) in [5, 5.41) is 11.1. The highest BCUT2D eigenvalue weighted by atomic mass is 15.3. The molecule has 6 heteroatoms. The summed E-state index contributed by atoms with van der Waals surface area (Å²) in [4.78, 5) is 7.18. The molecule has 0 bridgehead atoms. The lowest BCUT2D eigenvalue weighted by molar-refractivity contribution is 0.676. The van der Waals surface area contributed by atoms with Crippen molar-refractivity contribution >= 4 is 11.6 Å². The van der Waals surface area contributed by atoms with E-state index >= 15 is 0 Å². The van der Waals surface area contributed by atoms with Crippen molar-refractivity contribution in [1.29, 1.82) is 0 Å². The van der Waals surface area contributed by atoms with Crippen LogP contribution in [0.15, 0.2) is 41.5 Å². The van der Waals surface area contributed by atoms with E-state index in [1.165, 1.54) is 37.2 Å². The number of anilines is 1. The maximum absolute atomic E-state index is 4.71. The second-order valence-electron chi connectivity index (χ2n) is 6.80. The van der Waals surface area contributed by atoms with Crippen LogP contribution in [0.3, 0.4) is 0 Å². The molecule has 0 amide bonds. The normalized spacial score (nSPS) is 16.0.